The zero-order valence-electron chi connectivity index (χ0n) is 12.5. The van der Waals surface area contributed by atoms with Gasteiger partial charge in [-0.05, 0) is 37.1 Å². The Labute approximate surface area is 126 Å². The van der Waals surface area contributed by atoms with E-state index in [-0.39, 0.29) is 6.61 Å². The molecule has 1 fully saturated rings. The molecule has 0 atom stereocenters. The van der Waals surface area contributed by atoms with Gasteiger partial charge in [-0.15, -0.1) is 0 Å². The lowest BCUT2D eigenvalue weighted by molar-refractivity contribution is 0.151. The van der Waals surface area contributed by atoms with Crippen LogP contribution in [0.15, 0.2) is 17.0 Å². The van der Waals surface area contributed by atoms with Gasteiger partial charge in [0.2, 0.25) is 10.0 Å². The number of sulfonamides is 1. The molecule has 1 heterocycles. The van der Waals surface area contributed by atoms with Crippen LogP contribution < -0.4 is 5.73 Å². The minimum Gasteiger partial charge on any atom is -0.399 e. The number of nitrogen functional groups attached to an aromatic ring is 1. The molecule has 0 unspecified atom stereocenters. The van der Waals surface area contributed by atoms with Crippen LogP contribution in [0.3, 0.4) is 0 Å². The number of aryl methyl sites for hydroxylation is 1. The third-order valence-electron chi connectivity index (χ3n) is 4.01. The number of piperazine rings is 1. The fourth-order valence-corrected chi connectivity index (χ4v) is 4.35. The molecule has 0 radical (unpaired) electrons. The number of anilines is 1. The Morgan fingerprint density at radius 1 is 1.19 bits per heavy atom. The van der Waals surface area contributed by atoms with Crippen molar-refractivity contribution in [3.8, 4) is 0 Å². The smallest absolute Gasteiger partial charge is 0.243 e. The maximum absolute atomic E-state index is 12.8. The summed E-state index contributed by atoms with van der Waals surface area (Å²) in [4.78, 5) is 2.36. The first-order chi connectivity index (χ1) is 9.86. The van der Waals surface area contributed by atoms with E-state index in [1.807, 2.05) is 13.8 Å². The molecule has 1 aliphatic rings. The van der Waals surface area contributed by atoms with Crippen molar-refractivity contribution in [2.45, 2.75) is 18.7 Å². The van der Waals surface area contributed by atoms with Gasteiger partial charge in [-0.3, -0.25) is 4.90 Å². The molecule has 3 N–H and O–H groups in total. The first-order valence-corrected chi connectivity index (χ1v) is 8.50. The molecule has 1 aromatic rings. The first-order valence-electron chi connectivity index (χ1n) is 7.06. The van der Waals surface area contributed by atoms with E-state index < -0.39 is 10.0 Å². The van der Waals surface area contributed by atoms with Crippen molar-refractivity contribution in [3.63, 3.8) is 0 Å². The summed E-state index contributed by atoms with van der Waals surface area (Å²) < 4.78 is 27.1. The summed E-state index contributed by atoms with van der Waals surface area (Å²) in [7, 11) is -3.51. The quantitative estimate of drug-likeness (QED) is 0.775. The van der Waals surface area contributed by atoms with Gasteiger partial charge < -0.3 is 10.8 Å². The largest absolute Gasteiger partial charge is 0.399 e. The van der Waals surface area contributed by atoms with Crippen molar-refractivity contribution in [2.24, 2.45) is 0 Å². The van der Waals surface area contributed by atoms with E-state index in [9.17, 15) is 8.42 Å². The van der Waals surface area contributed by atoms with Gasteiger partial charge in [0.1, 0.15) is 0 Å². The Morgan fingerprint density at radius 2 is 1.81 bits per heavy atom. The third-order valence-corrected chi connectivity index (χ3v) is 6.03. The predicted molar refractivity (Wildman–Crippen MR) is 82.6 cm³/mol. The lowest BCUT2D eigenvalue weighted by Crippen LogP contribution is -2.49. The second kappa shape index (κ2) is 6.31. The number of β-amino-alcohol motifs (C(OH)–C–C–N with tert-alkyl or cyclic N) is 1. The Hall–Kier alpha value is -1.15. The minimum atomic E-state index is -3.51. The molecule has 0 saturated carbocycles. The summed E-state index contributed by atoms with van der Waals surface area (Å²) in [5.74, 6) is 0. The Balaban J connectivity index is 2.24. The van der Waals surface area contributed by atoms with Crippen LogP contribution in [0.4, 0.5) is 5.69 Å². The van der Waals surface area contributed by atoms with Crippen LogP contribution in [-0.2, 0) is 10.0 Å². The van der Waals surface area contributed by atoms with Crippen molar-refractivity contribution in [1.82, 2.24) is 9.21 Å². The van der Waals surface area contributed by atoms with E-state index in [0.717, 1.165) is 11.1 Å². The van der Waals surface area contributed by atoms with E-state index >= 15 is 0 Å². The van der Waals surface area contributed by atoms with Crippen LogP contribution in [-0.4, -0.2) is 62.1 Å². The van der Waals surface area contributed by atoms with Gasteiger partial charge in [0.25, 0.3) is 0 Å². The van der Waals surface area contributed by atoms with Gasteiger partial charge in [-0.1, -0.05) is 0 Å². The molecule has 1 aromatic carbocycles. The van der Waals surface area contributed by atoms with Gasteiger partial charge in [0.05, 0.1) is 11.5 Å². The van der Waals surface area contributed by atoms with Crippen LogP contribution in [0.2, 0.25) is 0 Å². The van der Waals surface area contributed by atoms with Gasteiger partial charge in [-0.25, -0.2) is 8.42 Å². The van der Waals surface area contributed by atoms with Crippen LogP contribution in [0, 0.1) is 13.8 Å². The number of aliphatic hydroxyl groups is 1. The van der Waals surface area contributed by atoms with E-state index in [2.05, 4.69) is 4.90 Å². The molecule has 6 nitrogen and oxygen atoms in total. The fourth-order valence-electron chi connectivity index (χ4n) is 2.60. The monoisotopic (exact) mass is 313 g/mol. The molecule has 0 amide bonds. The van der Waals surface area contributed by atoms with Crippen LogP contribution >= 0.6 is 0 Å². The van der Waals surface area contributed by atoms with Gasteiger partial charge >= 0.3 is 0 Å². The van der Waals surface area contributed by atoms with Crippen molar-refractivity contribution >= 4 is 15.7 Å². The zero-order valence-corrected chi connectivity index (χ0v) is 13.4. The normalized spacial score (nSPS) is 18.0. The number of aliphatic hydroxyl groups excluding tert-OH is 1. The number of hydrogen-bond acceptors (Lipinski definition) is 5. The zero-order chi connectivity index (χ0) is 15.6. The second-order valence-electron chi connectivity index (χ2n) is 5.43. The second-order valence-corrected chi connectivity index (χ2v) is 7.34. The van der Waals surface area contributed by atoms with Crippen LogP contribution in [0.1, 0.15) is 11.1 Å². The van der Waals surface area contributed by atoms with E-state index in [4.69, 9.17) is 10.8 Å². The number of nitrogens with zero attached hydrogens (tertiary/aromatic N) is 2. The maximum atomic E-state index is 12.8. The van der Waals surface area contributed by atoms with Crippen molar-refractivity contribution in [2.75, 3.05) is 45.1 Å². The van der Waals surface area contributed by atoms with E-state index in [1.54, 1.807) is 6.07 Å². The standard InChI is InChI=1S/C14H23N3O3S/c1-11-9-13(15)10-14(12(11)2)21(19,20)17-5-3-16(4-6-17)7-8-18/h9-10,18H,3-8,15H2,1-2H3. The highest BCUT2D eigenvalue weighted by Crippen LogP contribution is 2.26. The summed E-state index contributed by atoms with van der Waals surface area (Å²) in [5, 5.41) is 8.93. The number of hydrogen-bond donors (Lipinski definition) is 2. The lowest BCUT2D eigenvalue weighted by Gasteiger charge is -2.34. The molecule has 21 heavy (non-hydrogen) atoms. The summed E-state index contributed by atoms with van der Waals surface area (Å²) in [6.07, 6.45) is 0. The molecule has 0 bridgehead atoms. The Kier molecular flexibility index (Phi) is 4.88. The van der Waals surface area contributed by atoms with Gasteiger partial charge in [0, 0.05) is 38.4 Å². The molecule has 7 heteroatoms. The fraction of sp³-hybridized carbons (Fsp3) is 0.571. The molecular weight excluding hydrogens is 290 g/mol. The topological polar surface area (TPSA) is 86.9 Å². The number of benzene rings is 1. The molecule has 2 rings (SSSR count). The Bertz CT molecular complexity index is 608. The Morgan fingerprint density at radius 3 is 2.38 bits per heavy atom. The van der Waals surface area contributed by atoms with Crippen LogP contribution in [0.5, 0.6) is 0 Å². The summed E-state index contributed by atoms with van der Waals surface area (Å²) >= 11 is 0. The summed E-state index contributed by atoms with van der Waals surface area (Å²) in [6, 6.07) is 3.32. The summed E-state index contributed by atoms with van der Waals surface area (Å²) in [5.41, 5.74) is 7.90. The van der Waals surface area contributed by atoms with Gasteiger partial charge in [0.15, 0.2) is 0 Å². The van der Waals surface area contributed by atoms with Crippen molar-refractivity contribution in [3.05, 3.63) is 23.3 Å². The predicted octanol–water partition coefficient (Wildman–Crippen LogP) is 0.184. The molecule has 0 aromatic heterocycles. The lowest BCUT2D eigenvalue weighted by atomic mass is 10.1. The third kappa shape index (κ3) is 3.37. The van der Waals surface area contributed by atoms with E-state index in [1.165, 1.54) is 10.4 Å². The molecule has 1 saturated heterocycles. The van der Waals surface area contributed by atoms with E-state index in [0.29, 0.717) is 43.3 Å². The number of rotatable bonds is 4. The maximum Gasteiger partial charge on any atom is 0.243 e. The van der Waals surface area contributed by atoms with Crippen molar-refractivity contribution < 1.29 is 13.5 Å². The van der Waals surface area contributed by atoms with Crippen LogP contribution in [0.25, 0.3) is 0 Å². The average Bonchev–Trinajstić information content (AvgIpc) is 2.43. The molecular formula is C14H23N3O3S. The first kappa shape index (κ1) is 16.2. The highest BCUT2D eigenvalue weighted by atomic mass is 32.2. The van der Waals surface area contributed by atoms with Gasteiger partial charge in [-0.2, -0.15) is 4.31 Å². The molecule has 0 spiro atoms. The molecule has 1 aliphatic heterocycles. The molecule has 118 valence electrons. The van der Waals surface area contributed by atoms with Crippen molar-refractivity contribution in [1.29, 1.82) is 0 Å². The SMILES string of the molecule is Cc1cc(N)cc(S(=O)(=O)N2CCN(CCO)CC2)c1C. The molecule has 0 aliphatic carbocycles. The number of nitrogens with two attached hydrogens (primary N) is 1. The highest BCUT2D eigenvalue weighted by Gasteiger charge is 2.29. The minimum absolute atomic E-state index is 0.0975. The average molecular weight is 313 g/mol. The summed E-state index contributed by atoms with van der Waals surface area (Å²) in [6.45, 7) is 6.52. The highest BCUT2D eigenvalue weighted by molar-refractivity contribution is 7.89.